The summed E-state index contributed by atoms with van der Waals surface area (Å²) in [6.45, 7) is 0.720. The van der Waals surface area contributed by atoms with Crippen LogP contribution in [-0.4, -0.2) is 39.3 Å². The minimum absolute atomic E-state index is 0.392. The van der Waals surface area contributed by atoms with Crippen LogP contribution in [-0.2, 0) is 4.79 Å². The van der Waals surface area contributed by atoms with E-state index in [1.165, 1.54) is 0 Å². The molecular weight excluding hydrogens is 262 g/mol. The second-order valence-corrected chi connectivity index (χ2v) is 5.11. The number of hydrogen-bond donors (Lipinski definition) is 4. The molecule has 1 heterocycles. The Bertz CT molecular complexity index is 526. The maximum absolute atomic E-state index is 11.6. The summed E-state index contributed by atoms with van der Waals surface area (Å²) in [6, 6.07) is 4.77. The number of amides is 2. The number of hydrogen-bond acceptors (Lipinski definition) is 4. The molecule has 20 heavy (non-hydrogen) atoms. The fraction of sp³-hybridized carbons (Fsp3) is 0.462. The normalized spacial score (nSPS) is 17.1. The molecule has 0 saturated heterocycles. The molecule has 1 aromatic heterocycles. The second-order valence-electron chi connectivity index (χ2n) is 5.11. The van der Waals surface area contributed by atoms with Gasteiger partial charge in [-0.25, -0.2) is 14.6 Å². The number of carbonyl (C=O) groups is 2. The first kappa shape index (κ1) is 14.3. The molecule has 4 N–H and O–H groups in total. The summed E-state index contributed by atoms with van der Waals surface area (Å²) in [4.78, 5) is 26.6. The Morgan fingerprint density at radius 3 is 2.75 bits per heavy atom. The summed E-state index contributed by atoms with van der Waals surface area (Å²) in [5.41, 5.74) is -1.05. The maximum Gasteiger partial charge on any atom is 0.337 e. The predicted molar refractivity (Wildman–Crippen MR) is 71.5 cm³/mol. The highest BCUT2D eigenvalue weighted by molar-refractivity contribution is 5.89. The molecule has 0 aromatic carbocycles. The number of nitrogens with one attached hydrogen (secondary N) is 2. The third-order valence-electron chi connectivity index (χ3n) is 3.06. The SMILES string of the molecule is CC(O)(CNC(=O)Nc1cccc(C2CC2)n1)C(=O)O. The van der Waals surface area contributed by atoms with E-state index < -0.39 is 24.1 Å². The summed E-state index contributed by atoms with van der Waals surface area (Å²) < 4.78 is 0. The van der Waals surface area contributed by atoms with Crippen LogP contribution in [0.5, 0.6) is 0 Å². The highest BCUT2D eigenvalue weighted by Gasteiger charge is 2.30. The third-order valence-corrected chi connectivity index (χ3v) is 3.06. The van der Waals surface area contributed by atoms with Gasteiger partial charge >= 0.3 is 12.0 Å². The van der Waals surface area contributed by atoms with E-state index in [-0.39, 0.29) is 0 Å². The van der Waals surface area contributed by atoms with E-state index in [2.05, 4.69) is 15.6 Å². The topological polar surface area (TPSA) is 112 Å². The predicted octanol–water partition coefficient (Wildman–Crippen LogP) is 0.916. The number of pyridine rings is 1. The Hall–Kier alpha value is -2.15. The van der Waals surface area contributed by atoms with Gasteiger partial charge in [-0.15, -0.1) is 0 Å². The lowest BCUT2D eigenvalue weighted by atomic mass is 10.1. The van der Waals surface area contributed by atoms with Crippen LogP contribution >= 0.6 is 0 Å². The standard InChI is InChI=1S/C13H17N3O4/c1-13(20,11(17)18)7-14-12(19)16-10-4-2-3-9(15-10)8-5-6-8/h2-4,8,20H,5-7H2,1H3,(H,17,18)(H2,14,15,16,19). The smallest absolute Gasteiger partial charge is 0.337 e. The van der Waals surface area contributed by atoms with E-state index in [1.807, 2.05) is 12.1 Å². The van der Waals surface area contributed by atoms with E-state index in [0.29, 0.717) is 11.7 Å². The quantitative estimate of drug-likeness (QED) is 0.640. The Kier molecular flexibility index (Phi) is 3.89. The molecular formula is C13H17N3O4. The van der Waals surface area contributed by atoms with Gasteiger partial charge in [0.05, 0.1) is 6.54 Å². The first-order valence-corrected chi connectivity index (χ1v) is 6.36. The number of rotatable bonds is 5. The Morgan fingerprint density at radius 1 is 1.45 bits per heavy atom. The lowest BCUT2D eigenvalue weighted by Gasteiger charge is -2.18. The zero-order valence-electron chi connectivity index (χ0n) is 11.1. The maximum atomic E-state index is 11.6. The fourth-order valence-electron chi connectivity index (χ4n) is 1.62. The third kappa shape index (κ3) is 3.67. The summed E-state index contributed by atoms with van der Waals surface area (Å²) in [5.74, 6) is -0.513. The molecule has 1 aliphatic carbocycles. The molecule has 7 nitrogen and oxygen atoms in total. The van der Waals surface area contributed by atoms with Crippen molar-refractivity contribution in [3.63, 3.8) is 0 Å². The van der Waals surface area contributed by atoms with Crippen molar-refractivity contribution in [2.24, 2.45) is 0 Å². The molecule has 1 aliphatic rings. The molecule has 1 aromatic rings. The van der Waals surface area contributed by atoms with Crippen molar-refractivity contribution in [3.05, 3.63) is 23.9 Å². The van der Waals surface area contributed by atoms with Crippen molar-refractivity contribution in [3.8, 4) is 0 Å². The van der Waals surface area contributed by atoms with Crippen LogP contribution in [0.15, 0.2) is 18.2 Å². The summed E-state index contributed by atoms with van der Waals surface area (Å²) in [5, 5.41) is 23.0. The van der Waals surface area contributed by atoms with Gasteiger partial charge in [0.2, 0.25) is 0 Å². The molecule has 0 spiro atoms. The van der Waals surface area contributed by atoms with Gasteiger partial charge in [0.25, 0.3) is 0 Å². The number of nitrogens with zero attached hydrogens (tertiary/aromatic N) is 1. The molecule has 1 fully saturated rings. The molecule has 1 unspecified atom stereocenters. The number of aliphatic hydroxyl groups is 1. The van der Waals surface area contributed by atoms with Crippen molar-refractivity contribution < 1.29 is 19.8 Å². The number of carboxylic acid groups (broad SMARTS) is 1. The molecule has 1 atom stereocenters. The number of urea groups is 1. The number of carboxylic acids is 1. The van der Waals surface area contributed by atoms with Crippen LogP contribution in [0.2, 0.25) is 0 Å². The molecule has 108 valence electrons. The highest BCUT2D eigenvalue weighted by atomic mass is 16.4. The minimum atomic E-state index is -2.00. The van der Waals surface area contributed by atoms with Crippen LogP contribution in [0.3, 0.4) is 0 Å². The molecule has 2 rings (SSSR count). The molecule has 0 radical (unpaired) electrons. The lowest BCUT2D eigenvalue weighted by molar-refractivity contribution is -0.155. The zero-order valence-corrected chi connectivity index (χ0v) is 11.1. The van der Waals surface area contributed by atoms with Crippen molar-refractivity contribution >= 4 is 17.8 Å². The average molecular weight is 279 g/mol. The number of aliphatic carboxylic acids is 1. The van der Waals surface area contributed by atoms with Gasteiger partial charge in [-0.05, 0) is 31.9 Å². The van der Waals surface area contributed by atoms with E-state index in [9.17, 15) is 14.7 Å². The number of anilines is 1. The minimum Gasteiger partial charge on any atom is -0.479 e. The Labute approximate surface area is 116 Å². The van der Waals surface area contributed by atoms with Gasteiger partial charge in [-0.1, -0.05) is 6.07 Å². The number of aromatic nitrogens is 1. The van der Waals surface area contributed by atoms with Gasteiger partial charge in [-0.2, -0.15) is 0 Å². The van der Waals surface area contributed by atoms with Crippen LogP contribution in [0.1, 0.15) is 31.4 Å². The Balaban J connectivity index is 1.88. The highest BCUT2D eigenvalue weighted by Crippen LogP contribution is 2.39. The zero-order chi connectivity index (χ0) is 14.8. The van der Waals surface area contributed by atoms with Crippen molar-refractivity contribution in [1.29, 1.82) is 0 Å². The van der Waals surface area contributed by atoms with Crippen LogP contribution < -0.4 is 10.6 Å². The van der Waals surface area contributed by atoms with Gasteiger partial charge in [0.1, 0.15) is 5.82 Å². The summed E-state index contributed by atoms with van der Waals surface area (Å²) >= 11 is 0. The van der Waals surface area contributed by atoms with Crippen molar-refractivity contribution in [2.75, 3.05) is 11.9 Å². The van der Waals surface area contributed by atoms with Crippen LogP contribution in [0.25, 0.3) is 0 Å². The largest absolute Gasteiger partial charge is 0.479 e. The first-order chi connectivity index (χ1) is 9.38. The molecule has 0 aliphatic heterocycles. The second kappa shape index (κ2) is 5.46. The van der Waals surface area contributed by atoms with E-state index >= 15 is 0 Å². The fourth-order valence-corrected chi connectivity index (χ4v) is 1.62. The van der Waals surface area contributed by atoms with Crippen molar-refractivity contribution in [2.45, 2.75) is 31.3 Å². The average Bonchev–Trinajstić information content (AvgIpc) is 3.21. The first-order valence-electron chi connectivity index (χ1n) is 6.36. The van der Waals surface area contributed by atoms with Gasteiger partial charge in [0, 0.05) is 11.6 Å². The summed E-state index contributed by atoms with van der Waals surface area (Å²) in [6.07, 6.45) is 2.23. The monoisotopic (exact) mass is 279 g/mol. The summed E-state index contributed by atoms with van der Waals surface area (Å²) in [7, 11) is 0. The lowest BCUT2D eigenvalue weighted by Crippen LogP contribution is -2.47. The number of carbonyl (C=O) groups excluding carboxylic acids is 1. The van der Waals surface area contributed by atoms with E-state index in [1.54, 1.807) is 6.07 Å². The molecule has 0 bridgehead atoms. The Morgan fingerprint density at radius 2 is 2.15 bits per heavy atom. The van der Waals surface area contributed by atoms with Crippen LogP contribution in [0, 0.1) is 0 Å². The van der Waals surface area contributed by atoms with E-state index in [4.69, 9.17) is 5.11 Å². The van der Waals surface area contributed by atoms with Crippen LogP contribution in [0.4, 0.5) is 10.6 Å². The van der Waals surface area contributed by atoms with Crippen molar-refractivity contribution in [1.82, 2.24) is 10.3 Å². The van der Waals surface area contributed by atoms with Gasteiger partial charge in [-0.3, -0.25) is 5.32 Å². The van der Waals surface area contributed by atoms with Gasteiger partial charge in [0.15, 0.2) is 5.60 Å². The van der Waals surface area contributed by atoms with Gasteiger partial charge < -0.3 is 15.5 Å². The molecule has 7 heteroatoms. The van der Waals surface area contributed by atoms with E-state index in [0.717, 1.165) is 25.5 Å². The molecule has 1 saturated carbocycles. The molecule has 2 amide bonds.